The zero-order chi connectivity index (χ0) is 11.4. The van der Waals surface area contributed by atoms with Gasteiger partial charge in [0.15, 0.2) is 0 Å². The first kappa shape index (κ1) is 11.4. The predicted molar refractivity (Wildman–Crippen MR) is 68.4 cm³/mol. The topological polar surface area (TPSA) is 54.7 Å². The highest BCUT2D eigenvalue weighted by atomic mass is 32.1. The van der Waals surface area contributed by atoms with Crippen LogP contribution in [0.5, 0.6) is 0 Å². The molecule has 0 aliphatic carbocycles. The average Bonchev–Trinajstić information content (AvgIpc) is 2.94. The Morgan fingerprint density at radius 2 is 2.44 bits per heavy atom. The smallest absolute Gasteiger partial charge is 0.123 e. The fourth-order valence-corrected chi connectivity index (χ4v) is 2.31. The molecule has 0 spiro atoms. The van der Waals surface area contributed by atoms with Gasteiger partial charge >= 0.3 is 0 Å². The van der Waals surface area contributed by atoms with Gasteiger partial charge in [-0.1, -0.05) is 19.8 Å². The first-order chi connectivity index (χ1) is 7.81. The minimum atomic E-state index is 0.0346. The van der Waals surface area contributed by atoms with Crippen LogP contribution in [0.4, 0.5) is 0 Å². The van der Waals surface area contributed by atoms with Crippen LogP contribution in [0.15, 0.2) is 23.0 Å². The highest BCUT2D eigenvalue weighted by Crippen LogP contribution is 2.22. The molecule has 86 valence electrons. The molecule has 16 heavy (non-hydrogen) atoms. The summed E-state index contributed by atoms with van der Waals surface area (Å²) in [5, 5.41) is 4.17. The quantitative estimate of drug-likeness (QED) is 0.835. The van der Waals surface area contributed by atoms with Crippen molar-refractivity contribution < 1.29 is 0 Å². The summed E-state index contributed by atoms with van der Waals surface area (Å²) < 4.78 is 0. The van der Waals surface area contributed by atoms with Crippen LogP contribution >= 0.6 is 11.3 Å². The Balaban J connectivity index is 2.07. The maximum Gasteiger partial charge on any atom is 0.123 e. The Kier molecular flexibility index (Phi) is 3.74. The number of nitrogens with zero attached hydrogens (tertiary/aromatic N) is 1. The van der Waals surface area contributed by atoms with E-state index >= 15 is 0 Å². The zero-order valence-electron chi connectivity index (χ0n) is 9.44. The van der Waals surface area contributed by atoms with Gasteiger partial charge in [0.2, 0.25) is 0 Å². The summed E-state index contributed by atoms with van der Waals surface area (Å²) in [4.78, 5) is 7.64. The van der Waals surface area contributed by atoms with Gasteiger partial charge in [-0.2, -0.15) is 11.3 Å². The second kappa shape index (κ2) is 5.27. The standard InChI is InChI=1S/C12H17N3S/c1-2-3-4-10(13)12-14-7-11(15-12)9-5-6-16-8-9/h5-8,10H,2-4,13H2,1H3,(H,14,15). The average molecular weight is 235 g/mol. The lowest BCUT2D eigenvalue weighted by atomic mass is 10.1. The number of H-pyrrole nitrogens is 1. The molecule has 1 atom stereocenters. The number of thiophene rings is 1. The lowest BCUT2D eigenvalue weighted by Gasteiger charge is -2.06. The first-order valence-electron chi connectivity index (χ1n) is 5.64. The number of aromatic amines is 1. The van der Waals surface area contributed by atoms with Gasteiger partial charge in [0.25, 0.3) is 0 Å². The van der Waals surface area contributed by atoms with Crippen molar-refractivity contribution >= 4 is 11.3 Å². The number of hydrogen-bond acceptors (Lipinski definition) is 3. The van der Waals surface area contributed by atoms with E-state index in [1.807, 2.05) is 6.20 Å². The molecule has 0 aliphatic heterocycles. The van der Waals surface area contributed by atoms with Crippen LogP contribution in [0.2, 0.25) is 0 Å². The maximum absolute atomic E-state index is 6.06. The molecule has 2 aromatic rings. The lowest BCUT2D eigenvalue weighted by Crippen LogP contribution is -2.11. The molecule has 0 fully saturated rings. The van der Waals surface area contributed by atoms with Crippen molar-refractivity contribution in [1.82, 2.24) is 9.97 Å². The molecule has 0 aromatic carbocycles. The van der Waals surface area contributed by atoms with Crippen LogP contribution in [0.25, 0.3) is 11.3 Å². The SMILES string of the molecule is CCCCC(N)c1ncc(-c2ccsc2)[nH]1. The Morgan fingerprint density at radius 1 is 1.56 bits per heavy atom. The molecule has 0 aliphatic rings. The molecule has 3 nitrogen and oxygen atoms in total. The van der Waals surface area contributed by atoms with E-state index in [9.17, 15) is 0 Å². The third-order valence-corrected chi connectivity index (χ3v) is 3.33. The fourth-order valence-electron chi connectivity index (χ4n) is 1.65. The number of nitrogens with one attached hydrogen (secondary N) is 1. The van der Waals surface area contributed by atoms with E-state index in [2.05, 4.69) is 33.7 Å². The third kappa shape index (κ3) is 2.51. The van der Waals surface area contributed by atoms with Gasteiger partial charge in [0, 0.05) is 10.9 Å². The third-order valence-electron chi connectivity index (χ3n) is 2.65. The molecule has 2 rings (SSSR count). The summed E-state index contributed by atoms with van der Waals surface area (Å²) in [6.45, 7) is 2.17. The Bertz CT molecular complexity index is 419. The number of hydrogen-bond donors (Lipinski definition) is 2. The van der Waals surface area contributed by atoms with E-state index in [0.717, 1.165) is 24.4 Å². The van der Waals surface area contributed by atoms with Gasteiger partial charge < -0.3 is 10.7 Å². The molecule has 0 saturated carbocycles. The molecule has 3 N–H and O–H groups in total. The van der Waals surface area contributed by atoms with Gasteiger partial charge in [-0.3, -0.25) is 0 Å². The predicted octanol–water partition coefficient (Wildman–Crippen LogP) is 3.33. The van der Waals surface area contributed by atoms with Crippen LogP contribution < -0.4 is 5.73 Å². The van der Waals surface area contributed by atoms with E-state index in [4.69, 9.17) is 5.73 Å². The van der Waals surface area contributed by atoms with Crippen LogP contribution in [0.1, 0.15) is 38.1 Å². The normalized spacial score (nSPS) is 12.9. The zero-order valence-corrected chi connectivity index (χ0v) is 10.3. The molecule has 2 heterocycles. The van der Waals surface area contributed by atoms with E-state index in [-0.39, 0.29) is 6.04 Å². The molecule has 4 heteroatoms. The van der Waals surface area contributed by atoms with E-state index in [1.54, 1.807) is 11.3 Å². The van der Waals surface area contributed by atoms with Crippen molar-refractivity contribution in [3.63, 3.8) is 0 Å². The molecule has 0 saturated heterocycles. The summed E-state index contributed by atoms with van der Waals surface area (Å²) in [6.07, 6.45) is 5.18. The number of aromatic nitrogens is 2. The first-order valence-corrected chi connectivity index (χ1v) is 6.58. The maximum atomic E-state index is 6.06. The van der Waals surface area contributed by atoms with Crippen LogP contribution in [0.3, 0.4) is 0 Å². The number of imidazole rings is 1. The summed E-state index contributed by atoms with van der Waals surface area (Å²) in [7, 11) is 0. The molecular weight excluding hydrogens is 218 g/mol. The molecule has 1 unspecified atom stereocenters. The Morgan fingerprint density at radius 3 is 3.12 bits per heavy atom. The van der Waals surface area contributed by atoms with Gasteiger partial charge in [-0.05, 0) is 17.9 Å². The van der Waals surface area contributed by atoms with Crippen molar-refractivity contribution in [3.8, 4) is 11.3 Å². The molecule has 0 bridgehead atoms. The Hall–Kier alpha value is -1.13. The van der Waals surface area contributed by atoms with Gasteiger partial charge in [0.05, 0.1) is 17.9 Å². The van der Waals surface area contributed by atoms with Gasteiger partial charge in [-0.15, -0.1) is 0 Å². The monoisotopic (exact) mass is 235 g/mol. The molecule has 0 amide bonds. The number of unbranched alkanes of at least 4 members (excludes halogenated alkanes) is 1. The van der Waals surface area contributed by atoms with E-state index in [0.29, 0.717) is 0 Å². The lowest BCUT2D eigenvalue weighted by molar-refractivity contribution is 0.580. The molecule has 2 aromatic heterocycles. The Labute approximate surface area is 99.7 Å². The van der Waals surface area contributed by atoms with Crippen molar-refractivity contribution in [2.45, 2.75) is 32.2 Å². The molecular formula is C12H17N3S. The highest BCUT2D eigenvalue weighted by molar-refractivity contribution is 7.08. The van der Waals surface area contributed by atoms with E-state index in [1.165, 1.54) is 12.0 Å². The van der Waals surface area contributed by atoms with Gasteiger partial charge in [-0.25, -0.2) is 4.98 Å². The van der Waals surface area contributed by atoms with Crippen molar-refractivity contribution in [2.24, 2.45) is 5.73 Å². The minimum absolute atomic E-state index is 0.0346. The van der Waals surface area contributed by atoms with Gasteiger partial charge in [0.1, 0.15) is 5.82 Å². The second-order valence-electron chi connectivity index (χ2n) is 3.94. The highest BCUT2D eigenvalue weighted by Gasteiger charge is 2.10. The summed E-state index contributed by atoms with van der Waals surface area (Å²) >= 11 is 1.69. The largest absolute Gasteiger partial charge is 0.341 e. The van der Waals surface area contributed by atoms with Crippen LogP contribution in [-0.4, -0.2) is 9.97 Å². The summed E-state index contributed by atoms with van der Waals surface area (Å²) in [5.41, 5.74) is 8.30. The van der Waals surface area contributed by atoms with Crippen LogP contribution in [-0.2, 0) is 0 Å². The molecule has 0 radical (unpaired) electrons. The number of rotatable bonds is 5. The van der Waals surface area contributed by atoms with Crippen molar-refractivity contribution in [3.05, 3.63) is 28.8 Å². The fraction of sp³-hybridized carbons (Fsp3) is 0.417. The summed E-state index contributed by atoms with van der Waals surface area (Å²) in [5.74, 6) is 0.898. The van der Waals surface area contributed by atoms with Crippen LogP contribution in [0, 0.1) is 0 Å². The second-order valence-corrected chi connectivity index (χ2v) is 4.72. The van der Waals surface area contributed by atoms with Crippen molar-refractivity contribution in [2.75, 3.05) is 0 Å². The van der Waals surface area contributed by atoms with Crippen molar-refractivity contribution in [1.29, 1.82) is 0 Å². The minimum Gasteiger partial charge on any atom is -0.341 e. The summed E-state index contributed by atoms with van der Waals surface area (Å²) in [6, 6.07) is 2.12. The van der Waals surface area contributed by atoms with E-state index < -0.39 is 0 Å². The number of nitrogens with two attached hydrogens (primary N) is 1.